The molecule has 0 aromatic carbocycles. The van der Waals surface area contributed by atoms with E-state index in [0.717, 1.165) is 6.42 Å². The SMILES string of the molecule is CCCC(C(=O)NCCn1cccn1)C(N)=S. The molecule has 5 nitrogen and oxygen atoms in total. The van der Waals surface area contributed by atoms with Gasteiger partial charge < -0.3 is 11.1 Å². The Bertz CT molecular complexity index is 364. The van der Waals surface area contributed by atoms with Gasteiger partial charge in [0.15, 0.2) is 0 Å². The summed E-state index contributed by atoms with van der Waals surface area (Å²) in [6.45, 7) is 3.18. The predicted molar refractivity (Wildman–Crippen MR) is 70.4 cm³/mol. The van der Waals surface area contributed by atoms with Crippen molar-refractivity contribution in [2.75, 3.05) is 6.54 Å². The maximum Gasteiger partial charge on any atom is 0.229 e. The minimum Gasteiger partial charge on any atom is -0.393 e. The van der Waals surface area contributed by atoms with Gasteiger partial charge in [0.1, 0.15) is 0 Å². The zero-order valence-corrected chi connectivity index (χ0v) is 10.7. The third-order valence-corrected chi connectivity index (χ3v) is 2.72. The van der Waals surface area contributed by atoms with Crippen molar-refractivity contribution in [3.8, 4) is 0 Å². The van der Waals surface area contributed by atoms with Gasteiger partial charge in [-0.25, -0.2) is 0 Å². The fourth-order valence-corrected chi connectivity index (χ4v) is 1.77. The Hall–Kier alpha value is -1.43. The first kappa shape index (κ1) is 13.6. The molecule has 0 fully saturated rings. The summed E-state index contributed by atoms with van der Waals surface area (Å²) in [5.74, 6) is -0.445. The van der Waals surface area contributed by atoms with Crippen LogP contribution in [0, 0.1) is 5.92 Å². The molecule has 17 heavy (non-hydrogen) atoms. The highest BCUT2D eigenvalue weighted by atomic mass is 32.1. The number of hydrogen-bond acceptors (Lipinski definition) is 3. The van der Waals surface area contributed by atoms with E-state index in [1.54, 1.807) is 10.9 Å². The molecule has 1 unspecified atom stereocenters. The molecule has 1 atom stereocenters. The van der Waals surface area contributed by atoms with E-state index in [9.17, 15) is 4.79 Å². The fourth-order valence-electron chi connectivity index (χ4n) is 1.54. The molecule has 0 spiro atoms. The standard InChI is InChI=1S/C11H18N4OS/c1-2-4-9(10(12)17)11(16)13-6-8-15-7-3-5-14-15/h3,5,7,9H,2,4,6,8H2,1H3,(H2,12,17)(H,13,16). The van der Waals surface area contributed by atoms with Crippen molar-refractivity contribution >= 4 is 23.1 Å². The molecule has 6 heteroatoms. The summed E-state index contributed by atoms with van der Waals surface area (Å²) in [5.41, 5.74) is 5.54. The highest BCUT2D eigenvalue weighted by molar-refractivity contribution is 7.80. The van der Waals surface area contributed by atoms with Crippen LogP contribution in [-0.2, 0) is 11.3 Å². The minimum absolute atomic E-state index is 0.0912. The summed E-state index contributed by atoms with van der Waals surface area (Å²) in [4.78, 5) is 12.1. The van der Waals surface area contributed by atoms with E-state index in [1.165, 1.54) is 0 Å². The van der Waals surface area contributed by atoms with Crippen molar-refractivity contribution in [2.45, 2.75) is 26.3 Å². The lowest BCUT2D eigenvalue weighted by Crippen LogP contribution is -2.39. The second-order valence-corrected chi connectivity index (χ2v) is 4.28. The summed E-state index contributed by atoms with van der Waals surface area (Å²) >= 11 is 4.89. The average molecular weight is 254 g/mol. The Balaban J connectivity index is 2.34. The molecule has 0 aliphatic carbocycles. The lowest BCUT2D eigenvalue weighted by molar-refractivity contribution is -0.123. The molecule has 0 radical (unpaired) electrons. The molecule has 3 N–H and O–H groups in total. The van der Waals surface area contributed by atoms with Crippen molar-refractivity contribution in [1.82, 2.24) is 15.1 Å². The normalized spacial score (nSPS) is 12.1. The van der Waals surface area contributed by atoms with Crippen LogP contribution in [0.15, 0.2) is 18.5 Å². The first-order chi connectivity index (χ1) is 8.15. The number of carbonyl (C=O) groups excluding carboxylic acids is 1. The quantitative estimate of drug-likeness (QED) is 0.703. The predicted octanol–water partition coefficient (Wildman–Crippen LogP) is 0.702. The van der Waals surface area contributed by atoms with Gasteiger partial charge in [0, 0.05) is 18.9 Å². The molecule has 0 bridgehead atoms. The van der Waals surface area contributed by atoms with E-state index < -0.39 is 0 Å². The van der Waals surface area contributed by atoms with Crippen molar-refractivity contribution in [3.05, 3.63) is 18.5 Å². The molecular formula is C11H18N4OS. The first-order valence-corrected chi connectivity index (χ1v) is 6.10. The summed E-state index contributed by atoms with van der Waals surface area (Å²) in [6.07, 6.45) is 5.14. The van der Waals surface area contributed by atoms with Gasteiger partial charge >= 0.3 is 0 Å². The van der Waals surface area contributed by atoms with Crippen molar-refractivity contribution < 1.29 is 4.79 Å². The molecule has 1 amide bonds. The van der Waals surface area contributed by atoms with Crippen LogP contribution in [0.4, 0.5) is 0 Å². The smallest absolute Gasteiger partial charge is 0.229 e. The van der Waals surface area contributed by atoms with Gasteiger partial charge in [0.2, 0.25) is 5.91 Å². The molecule has 0 aliphatic rings. The largest absolute Gasteiger partial charge is 0.393 e. The lowest BCUT2D eigenvalue weighted by Gasteiger charge is -2.14. The van der Waals surface area contributed by atoms with Crippen LogP contribution >= 0.6 is 12.2 Å². The zero-order chi connectivity index (χ0) is 12.7. The fraction of sp³-hybridized carbons (Fsp3) is 0.545. The van der Waals surface area contributed by atoms with Crippen LogP contribution in [0.3, 0.4) is 0 Å². The second kappa shape index (κ2) is 7.01. The van der Waals surface area contributed by atoms with E-state index >= 15 is 0 Å². The maximum absolute atomic E-state index is 11.8. The van der Waals surface area contributed by atoms with Crippen LogP contribution in [0.2, 0.25) is 0 Å². The van der Waals surface area contributed by atoms with Crippen molar-refractivity contribution in [1.29, 1.82) is 0 Å². The number of aromatic nitrogens is 2. The molecule has 1 rings (SSSR count). The van der Waals surface area contributed by atoms with Crippen LogP contribution in [0.5, 0.6) is 0 Å². The van der Waals surface area contributed by atoms with Crippen molar-refractivity contribution in [3.63, 3.8) is 0 Å². The molecule has 1 aromatic rings. The zero-order valence-electron chi connectivity index (χ0n) is 9.93. The van der Waals surface area contributed by atoms with Crippen LogP contribution in [-0.4, -0.2) is 27.2 Å². The topological polar surface area (TPSA) is 72.9 Å². The summed E-state index contributed by atoms with van der Waals surface area (Å²) < 4.78 is 1.76. The third kappa shape index (κ3) is 4.52. The van der Waals surface area contributed by atoms with Gasteiger partial charge in [-0.1, -0.05) is 25.6 Å². The average Bonchev–Trinajstić information content (AvgIpc) is 2.78. The van der Waals surface area contributed by atoms with Gasteiger partial charge in [0.25, 0.3) is 0 Å². The number of nitrogens with zero attached hydrogens (tertiary/aromatic N) is 2. The maximum atomic E-state index is 11.8. The summed E-state index contributed by atoms with van der Waals surface area (Å²) in [5, 5.41) is 6.86. The van der Waals surface area contributed by atoms with E-state index in [0.29, 0.717) is 19.5 Å². The Morgan fingerprint density at radius 1 is 1.65 bits per heavy atom. The number of rotatable bonds is 7. The van der Waals surface area contributed by atoms with Gasteiger partial charge in [-0.05, 0) is 12.5 Å². The number of carbonyl (C=O) groups is 1. The lowest BCUT2D eigenvalue weighted by atomic mass is 10.0. The van der Waals surface area contributed by atoms with Gasteiger partial charge in [-0.3, -0.25) is 9.48 Å². The van der Waals surface area contributed by atoms with Crippen LogP contribution < -0.4 is 11.1 Å². The molecule has 1 heterocycles. The number of thiocarbonyl (C=S) groups is 1. The van der Waals surface area contributed by atoms with Gasteiger partial charge in [-0.2, -0.15) is 5.10 Å². The highest BCUT2D eigenvalue weighted by Crippen LogP contribution is 2.06. The van der Waals surface area contributed by atoms with Gasteiger partial charge in [0.05, 0.1) is 17.5 Å². The Labute approximate surface area is 106 Å². The third-order valence-electron chi connectivity index (χ3n) is 2.44. The summed E-state index contributed by atoms with van der Waals surface area (Å²) in [6, 6.07) is 1.84. The van der Waals surface area contributed by atoms with Gasteiger partial charge in [-0.15, -0.1) is 0 Å². The first-order valence-electron chi connectivity index (χ1n) is 5.69. The van der Waals surface area contributed by atoms with E-state index in [-0.39, 0.29) is 16.8 Å². The number of amides is 1. The molecule has 0 saturated carbocycles. The minimum atomic E-state index is -0.354. The number of nitrogens with two attached hydrogens (primary N) is 1. The molecular weight excluding hydrogens is 236 g/mol. The number of hydrogen-bond donors (Lipinski definition) is 2. The van der Waals surface area contributed by atoms with Crippen molar-refractivity contribution in [2.24, 2.45) is 11.7 Å². The van der Waals surface area contributed by atoms with Crippen LogP contribution in [0.25, 0.3) is 0 Å². The Morgan fingerprint density at radius 2 is 2.41 bits per heavy atom. The van der Waals surface area contributed by atoms with E-state index in [2.05, 4.69) is 10.4 Å². The Kier molecular flexibility index (Phi) is 5.62. The van der Waals surface area contributed by atoms with Crippen LogP contribution in [0.1, 0.15) is 19.8 Å². The Morgan fingerprint density at radius 3 is 2.94 bits per heavy atom. The summed E-state index contributed by atoms with van der Waals surface area (Å²) in [7, 11) is 0. The molecule has 0 saturated heterocycles. The second-order valence-electron chi connectivity index (χ2n) is 3.80. The van der Waals surface area contributed by atoms with E-state index in [4.69, 9.17) is 18.0 Å². The van der Waals surface area contributed by atoms with E-state index in [1.807, 2.05) is 19.2 Å². The highest BCUT2D eigenvalue weighted by Gasteiger charge is 2.19. The monoisotopic (exact) mass is 254 g/mol. The molecule has 0 aliphatic heterocycles. The number of nitrogens with one attached hydrogen (secondary N) is 1. The molecule has 94 valence electrons. The molecule has 1 aromatic heterocycles.